The van der Waals surface area contributed by atoms with Crippen LogP contribution >= 0.6 is 23.4 Å². The second-order valence-corrected chi connectivity index (χ2v) is 14.3. The van der Waals surface area contributed by atoms with E-state index in [1.165, 1.54) is 16.7 Å². The van der Waals surface area contributed by atoms with Gasteiger partial charge in [0.25, 0.3) is 0 Å². The fraction of sp³-hybridized carbons (Fsp3) is 0.684. The van der Waals surface area contributed by atoms with Crippen LogP contribution in [-0.4, -0.2) is 56.6 Å². The third-order valence-electron chi connectivity index (χ3n) is 8.42. The molecule has 248 valence electrons. The molecular formula is C38H59ClO4S. The summed E-state index contributed by atoms with van der Waals surface area (Å²) >= 11 is 8.78. The minimum Gasteiger partial charge on any atom is -0.380 e. The predicted molar refractivity (Wildman–Crippen MR) is 189 cm³/mol. The van der Waals surface area contributed by atoms with E-state index in [1.807, 2.05) is 11.8 Å². The van der Waals surface area contributed by atoms with Crippen LogP contribution in [0.15, 0.2) is 42.5 Å². The lowest BCUT2D eigenvalue weighted by Gasteiger charge is -2.46. The lowest BCUT2D eigenvalue weighted by Crippen LogP contribution is -2.55. The van der Waals surface area contributed by atoms with Crippen molar-refractivity contribution in [1.29, 1.82) is 0 Å². The summed E-state index contributed by atoms with van der Waals surface area (Å²) in [7, 11) is 0. The zero-order valence-electron chi connectivity index (χ0n) is 28.3. The van der Waals surface area contributed by atoms with Crippen LogP contribution < -0.4 is 0 Å². The van der Waals surface area contributed by atoms with Gasteiger partial charge < -0.3 is 18.9 Å². The second-order valence-electron chi connectivity index (χ2n) is 12.5. The molecule has 0 radical (unpaired) electrons. The standard InChI is InChI=1S/C38H59ClO4S/c1-7-11-21-40-27-34-35(41-22-12-8-2)36(42-23-13-9-3)37(43-24-14-10-4)38(44-34)31-19-20-33(39)32(26-31)25-29-15-17-30(18-16-29)28(5)6/h15-20,26,28,34-38H,7-14,21-25,27H2,1-6H3/t34-,35-,36+,37-,38+/m1/s1. The highest BCUT2D eigenvalue weighted by atomic mass is 35.5. The van der Waals surface area contributed by atoms with Crippen LogP contribution in [0.5, 0.6) is 0 Å². The van der Waals surface area contributed by atoms with E-state index in [4.69, 9.17) is 30.5 Å². The molecule has 1 saturated heterocycles. The van der Waals surface area contributed by atoms with Crippen molar-refractivity contribution < 1.29 is 18.9 Å². The molecule has 1 heterocycles. The Morgan fingerprint density at radius 2 is 1.27 bits per heavy atom. The largest absolute Gasteiger partial charge is 0.380 e. The highest BCUT2D eigenvalue weighted by molar-refractivity contribution is 8.00. The molecule has 5 atom stereocenters. The fourth-order valence-corrected chi connectivity index (χ4v) is 7.39. The van der Waals surface area contributed by atoms with Gasteiger partial charge in [-0.05, 0) is 66.3 Å². The van der Waals surface area contributed by atoms with Crippen molar-refractivity contribution in [2.24, 2.45) is 0 Å². The first kappa shape index (κ1) is 37.4. The van der Waals surface area contributed by atoms with E-state index in [1.54, 1.807) is 0 Å². The zero-order chi connectivity index (χ0) is 31.7. The lowest BCUT2D eigenvalue weighted by molar-refractivity contribution is -0.149. The first-order chi connectivity index (χ1) is 21.4. The zero-order valence-corrected chi connectivity index (χ0v) is 29.9. The summed E-state index contributed by atoms with van der Waals surface area (Å²) in [5, 5.41) is 1.04. The Morgan fingerprint density at radius 1 is 0.705 bits per heavy atom. The highest BCUT2D eigenvalue weighted by Crippen LogP contribution is 2.47. The van der Waals surface area contributed by atoms with Gasteiger partial charge in [0.05, 0.1) is 17.1 Å². The molecule has 4 nitrogen and oxygen atoms in total. The lowest BCUT2D eigenvalue weighted by atomic mass is 9.93. The van der Waals surface area contributed by atoms with Crippen molar-refractivity contribution in [3.05, 3.63) is 69.7 Å². The van der Waals surface area contributed by atoms with E-state index in [0.29, 0.717) is 25.7 Å². The minimum absolute atomic E-state index is 0.0841. The average Bonchev–Trinajstić information content (AvgIpc) is 3.02. The number of thioether (sulfide) groups is 1. The maximum atomic E-state index is 6.84. The quantitative estimate of drug-likeness (QED) is 0.126. The first-order valence-electron chi connectivity index (χ1n) is 17.4. The summed E-state index contributed by atoms with van der Waals surface area (Å²) in [4.78, 5) is 0. The Hall–Kier alpha value is -1.08. The molecule has 2 aromatic rings. The molecule has 44 heavy (non-hydrogen) atoms. The molecule has 0 spiro atoms. The van der Waals surface area contributed by atoms with Crippen LogP contribution in [0.3, 0.4) is 0 Å². The van der Waals surface area contributed by atoms with Gasteiger partial charge in [0.15, 0.2) is 0 Å². The average molecular weight is 647 g/mol. The molecule has 0 aliphatic carbocycles. The molecule has 0 unspecified atom stereocenters. The van der Waals surface area contributed by atoms with E-state index in [0.717, 1.165) is 81.6 Å². The Balaban J connectivity index is 1.97. The Bertz CT molecular complexity index is 1050. The number of benzene rings is 2. The summed E-state index contributed by atoms with van der Waals surface area (Å²) in [6.45, 7) is 16.9. The fourth-order valence-electron chi connectivity index (χ4n) is 5.57. The van der Waals surface area contributed by atoms with Crippen LogP contribution in [0.25, 0.3) is 0 Å². The van der Waals surface area contributed by atoms with Crippen LogP contribution in [0.2, 0.25) is 5.02 Å². The number of halogens is 1. The van der Waals surface area contributed by atoms with Gasteiger partial charge in [-0.25, -0.2) is 0 Å². The molecule has 0 saturated carbocycles. The normalized spacial score (nSPS) is 22.1. The van der Waals surface area contributed by atoms with Crippen molar-refractivity contribution in [2.45, 2.75) is 134 Å². The summed E-state index contributed by atoms with van der Waals surface area (Å²) in [5.41, 5.74) is 5.02. The molecular weight excluding hydrogens is 588 g/mol. The van der Waals surface area contributed by atoms with Crippen molar-refractivity contribution in [1.82, 2.24) is 0 Å². The van der Waals surface area contributed by atoms with Gasteiger partial charge in [-0.3, -0.25) is 0 Å². The topological polar surface area (TPSA) is 36.9 Å². The Morgan fingerprint density at radius 3 is 1.86 bits per heavy atom. The molecule has 3 rings (SSSR count). The van der Waals surface area contributed by atoms with Crippen molar-refractivity contribution in [3.63, 3.8) is 0 Å². The maximum absolute atomic E-state index is 6.84. The van der Waals surface area contributed by atoms with E-state index in [2.05, 4.69) is 84.0 Å². The van der Waals surface area contributed by atoms with E-state index in [9.17, 15) is 0 Å². The first-order valence-corrected chi connectivity index (χ1v) is 18.7. The van der Waals surface area contributed by atoms with Crippen LogP contribution in [0.1, 0.15) is 126 Å². The summed E-state index contributed by atoms with van der Waals surface area (Å²) in [5.74, 6) is 0.519. The van der Waals surface area contributed by atoms with E-state index in [-0.39, 0.29) is 28.8 Å². The van der Waals surface area contributed by atoms with Crippen LogP contribution in [0, 0.1) is 0 Å². The molecule has 6 heteroatoms. The Labute approximate surface area is 278 Å². The van der Waals surface area contributed by atoms with E-state index >= 15 is 0 Å². The van der Waals surface area contributed by atoms with Gasteiger partial charge in [-0.1, -0.05) is 115 Å². The number of hydrogen-bond donors (Lipinski definition) is 0. The molecule has 0 amide bonds. The van der Waals surface area contributed by atoms with Gasteiger partial charge in [0.2, 0.25) is 0 Å². The van der Waals surface area contributed by atoms with Gasteiger partial charge in [-0.15, -0.1) is 11.8 Å². The third-order valence-corrected chi connectivity index (χ3v) is 10.4. The van der Waals surface area contributed by atoms with E-state index < -0.39 is 0 Å². The smallest absolute Gasteiger partial charge is 0.112 e. The van der Waals surface area contributed by atoms with Crippen LogP contribution in [-0.2, 0) is 25.4 Å². The van der Waals surface area contributed by atoms with Crippen molar-refractivity contribution in [2.75, 3.05) is 33.0 Å². The van der Waals surface area contributed by atoms with Gasteiger partial charge in [-0.2, -0.15) is 0 Å². The van der Waals surface area contributed by atoms with Gasteiger partial charge >= 0.3 is 0 Å². The summed E-state index contributed by atoms with van der Waals surface area (Å²) in [6, 6.07) is 15.5. The highest BCUT2D eigenvalue weighted by Gasteiger charge is 2.48. The number of hydrogen-bond acceptors (Lipinski definition) is 5. The predicted octanol–water partition coefficient (Wildman–Crippen LogP) is 10.6. The number of unbranched alkanes of at least 4 members (excludes halogenated alkanes) is 4. The second kappa shape index (κ2) is 20.9. The molecule has 0 aromatic heterocycles. The minimum atomic E-state index is -0.163. The number of rotatable bonds is 21. The monoisotopic (exact) mass is 646 g/mol. The molecule has 1 aliphatic rings. The number of ether oxygens (including phenoxy) is 4. The molecule has 1 aliphatic heterocycles. The van der Waals surface area contributed by atoms with Crippen molar-refractivity contribution in [3.8, 4) is 0 Å². The molecule has 0 bridgehead atoms. The van der Waals surface area contributed by atoms with Crippen molar-refractivity contribution >= 4 is 23.4 Å². The maximum Gasteiger partial charge on any atom is 0.112 e. The van der Waals surface area contributed by atoms with Crippen LogP contribution in [0.4, 0.5) is 0 Å². The molecule has 2 aromatic carbocycles. The van der Waals surface area contributed by atoms with Gasteiger partial charge in [0, 0.05) is 31.5 Å². The summed E-state index contributed by atoms with van der Waals surface area (Å²) in [6.07, 6.45) is 9.00. The molecule has 0 N–H and O–H groups in total. The third kappa shape index (κ3) is 11.6. The summed E-state index contributed by atoms with van der Waals surface area (Å²) < 4.78 is 26.5. The SMILES string of the molecule is CCCCOC[C@H]1S[C@@H](c2ccc(Cl)c(Cc3ccc(C(C)C)cc3)c2)[C@H](OCCCC)[C@@H](OCCCC)[C@@H]1OCCCC. The Kier molecular flexibility index (Phi) is 17.8. The van der Waals surface area contributed by atoms with Gasteiger partial charge in [0.1, 0.15) is 18.3 Å². The molecule has 1 fully saturated rings.